The molecule has 0 amide bonds. The monoisotopic (exact) mass is 180 g/mol. The Balaban J connectivity index is 2.49. The molecule has 0 spiro atoms. The number of rotatable bonds is 4. The van der Waals surface area contributed by atoms with E-state index in [2.05, 4.69) is 0 Å². The molecule has 0 bridgehead atoms. The number of aliphatic hydroxyl groups is 1. The van der Waals surface area contributed by atoms with Gasteiger partial charge in [-0.05, 0) is 19.1 Å². The van der Waals surface area contributed by atoms with E-state index in [0.717, 1.165) is 12.2 Å². The predicted molar refractivity (Wildman–Crippen MR) is 52.7 cm³/mol. The second-order valence-corrected chi connectivity index (χ2v) is 3.17. The molecule has 0 aliphatic heterocycles. The van der Waals surface area contributed by atoms with Crippen LogP contribution in [0, 0.1) is 6.92 Å². The van der Waals surface area contributed by atoms with Crippen molar-refractivity contribution in [3.63, 3.8) is 0 Å². The second kappa shape index (κ2) is 4.87. The van der Waals surface area contributed by atoms with E-state index >= 15 is 0 Å². The largest absolute Gasteiger partial charge is 0.465 e. The van der Waals surface area contributed by atoms with E-state index in [1.54, 1.807) is 0 Å². The van der Waals surface area contributed by atoms with Gasteiger partial charge in [0.15, 0.2) is 6.29 Å². The minimum atomic E-state index is -0.673. The summed E-state index contributed by atoms with van der Waals surface area (Å²) in [5, 5.41) is 9.35. The van der Waals surface area contributed by atoms with Gasteiger partial charge in [0.2, 0.25) is 0 Å². The molecule has 0 saturated heterocycles. The molecular weight excluding hydrogens is 164 g/mol. The average molecular weight is 180 g/mol. The van der Waals surface area contributed by atoms with Gasteiger partial charge in [-0.1, -0.05) is 31.0 Å². The summed E-state index contributed by atoms with van der Waals surface area (Å²) in [6.07, 6.45) is 0.925. The van der Waals surface area contributed by atoms with E-state index in [0.29, 0.717) is 6.42 Å². The minimum Gasteiger partial charge on any atom is -0.465 e. The summed E-state index contributed by atoms with van der Waals surface area (Å²) in [5.74, 6) is 0.728. The lowest BCUT2D eigenvalue weighted by Crippen LogP contribution is -2.14. The Morgan fingerprint density at radius 1 is 1.31 bits per heavy atom. The summed E-state index contributed by atoms with van der Waals surface area (Å²) in [7, 11) is 0. The summed E-state index contributed by atoms with van der Waals surface area (Å²) < 4.78 is 5.27. The predicted octanol–water partition coefficient (Wildman–Crippen LogP) is 2.49. The maximum Gasteiger partial charge on any atom is 0.197 e. The van der Waals surface area contributed by atoms with Gasteiger partial charge in [0, 0.05) is 6.42 Å². The quantitative estimate of drug-likeness (QED) is 0.721. The molecule has 1 aromatic rings. The number of hydrogen-bond acceptors (Lipinski definition) is 2. The Bertz CT molecular complexity index is 241. The SMILES string of the molecule is CCCC(O)Oc1ccc(C)cc1. The molecule has 1 unspecified atom stereocenters. The average Bonchev–Trinajstić information content (AvgIpc) is 2.09. The van der Waals surface area contributed by atoms with E-state index in [-0.39, 0.29) is 0 Å². The third-order valence-electron chi connectivity index (χ3n) is 1.83. The Kier molecular flexibility index (Phi) is 3.77. The van der Waals surface area contributed by atoms with Crippen molar-refractivity contribution in [2.75, 3.05) is 0 Å². The maximum absolute atomic E-state index is 9.35. The molecule has 1 atom stereocenters. The van der Waals surface area contributed by atoms with Gasteiger partial charge in [0.25, 0.3) is 0 Å². The van der Waals surface area contributed by atoms with Gasteiger partial charge >= 0.3 is 0 Å². The van der Waals surface area contributed by atoms with Crippen LogP contribution in [0.25, 0.3) is 0 Å². The van der Waals surface area contributed by atoms with Crippen LogP contribution >= 0.6 is 0 Å². The highest BCUT2D eigenvalue weighted by molar-refractivity contribution is 5.26. The van der Waals surface area contributed by atoms with Gasteiger partial charge in [-0.25, -0.2) is 0 Å². The van der Waals surface area contributed by atoms with Crippen LogP contribution in [0.15, 0.2) is 24.3 Å². The Morgan fingerprint density at radius 2 is 1.92 bits per heavy atom. The fraction of sp³-hybridized carbons (Fsp3) is 0.455. The van der Waals surface area contributed by atoms with E-state index in [1.807, 2.05) is 38.1 Å². The van der Waals surface area contributed by atoms with E-state index < -0.39 is 6.29 Å². The van der Waals surface area contributed by atoms with Crippen LogP contribution < -0.4 is 4.74 Å². The zero-order valence-corrected chi connectivity index (χ0v) is 8.16. The fourth-order valence-corrected chi connectivity index (χ4v) is 1.08. The van der Waals surface area contributed by atoms with Gasteiger partial charge in [0.05, 0.1) is 0 Å². The third kappa shape index (κ3) is 3.47. The molecule has 0 aliphatic carbocycles. The van der Waals surface area contributed by atoms with Gasteiger partial charge in [-0.3, -0.25) is 0 Å². The van der Waals surface area contributed by atoms with Crippen molar-refractivity contribution in [1.82, 2.24) is 0 Å². The zero-order valence-electron chi connectivity index (χ0n) is 8.16. The zero-order chi connectivity index (χ0) is 9.68. The number of hydrogen-bond donors (Lipinski definition) is 1. The Labute approximate surface area is 79.2 Å². The fourth-order valence-electron chi connectivity index (χ4n) is 1.08. The molecule has 0 aliphatic rings. The molecule has 0 fully saturated rings. The summed E-state index contributed by atoms with van der Waals surface area (Å²) in [6, 6.07) is 7.67. The highest BCUT2D eigenvalue weighted by Gasteiger charge is 2.02. The number of ether oxygens (including phenoxy) is 1. The smallest absolute Gasteiger partial charge is 0.197 e. The lowest BCUT2D eigenvalue weighted by Gasteiger charge is -2.12. The number of aliphatic hydroxyl groups excluding tert-OH is 1. The summed E-state index contributed by atoms with van der Waals surface area (Å²) >= 11 is 0. The molecule has 1 aromatic carbocycles. The summed E-state index contributed by atoms with van der Waals surface area (Å²) in [5.41, 5.74) is 1.19. The lowest BCUT2D eigenvalue weighted by atomic mass is 10.2. The number of benzene rings is 1. The molecule has 0 heterocycles. The highest BCUT2D eigenvalue weighted by Crippen LogP contribution is 2.13. The van der Waals surface area contributed by atoms with Gasteiger partial charge in [0.1, 0.15) is 5.75 Å². The highest BCUT2D eigenvalue weighted by atomic mass is 16.6. The van der Waals surface area contributed by atoms with Crippen molar-refractivity contribution in [2.45, 2.75) is 33.0 Å². The molecule has 0 saturated carbocycles. The summed E-state index contributed by atoms with van der Waals surface area (Å²) in [4.78, 5) is 0. The van der Waals surface area contributed by atoms with Crippen molar-refractivity contribution in [1.29, 1.82) is 0 Å². The first-order valence-electron chi connectivity index (χ1n) is 4.63. The Morgan fingerprint density at radius 3 is 2.46 bits per heavy atom. The van der Waals surface area contributed by atoms with Gasteiger partial charge < -0.3 is 9.84 Å². The molecule has 1 rings (SSSR count). The standard InChI is InChI=1S/C11H16O2/c1-3-4-11(12)13-10-7-5-9(2)6-8-10/h5-8,11-12H,3-4H2,1-2H3. The molecule has 0 aromatic heterocycles. The van der Waals surface area contributed by atoms with Crippen LogP contribution in [0.5, 0.6) is 5.75 Å². The van der Waals surface area contributed by atoms with Crippen LogP contribution in [0.3, 0.4) is 0 Å². The van der Waals surface area contributed by atoms with Crippen molar-refractivity contribution in [3.05, 3.63) is 29.8 Å². The van der Waals surface area contributed by atoms with Crippen molar-refractivity contribution in [2.24, 2.45) is 0 Å². The third-order valence-corrected chi connectivity index (χ3v) is 1.83. The van der Waals surface area contributed by atoms with E-state index in [4.69, 9.17) is 4.74 Å². The molecule has 72 valence electrons. The van der Waals surface area contributed by atoms with Crippen LogP contribution in [0.2, 0.25) is 0 Å². The van der Waals surface area contributed by atoms with E-state index in [1.165, 1.54) is 5.56 Å². The molecule has 2 heteroatoms. The van der Waals surface area contributed by atoms with Crippen LogP contribution in [0.4, 0.5) is 0 Å². The van der Waals surface area contributed by atoms with Gasteiger partial charge in [-0.15, -0.1) is 0 Å². The second-order valence-electron chi connectivity index (χ2n) is 3.17. The van der Waals surface area contributed by atoms with E-state index in [9.17, 15) is 5.11 Å². The molecular formula is C11H16O2. The topological polar surface area (TPSA) is 29.5 Å². The first-order chi connectivity index (χ1) is 6.22. The number of aryl methyl sites for hydroxylation is 1. The first kappa shape index (κ1) is 10.1. The molecule has 0 radical (unpaired) electrons. The summed E-state index contributed by atoms with van der Waals surface area (Å²) in [6.45, 7) is 4.04. The molecule has 1 N–H and O–H groups in total. The van der Waals surface area contributed by atoms with Crippen molar-refractivity contribution >= 4 is 0 Å². The van der Waals surface area contributed by atoms with Gasteiger partial charge in [-0.2, -0.15) is 0 Å². The van der Waals surface area contributed by atoms with Crippen LogP contribution in [-0.4, -0.2) is 11.4 Å². The molecule has 13 heavy (non-hydrogen) atoms. The van der Waals surface area contributed by atoms with Crippen LogP contribution in [0.1, 0.15) is 25.3 Å². The van der Waals surface area contributed by atoms with Crippen molar-refractivity contribution in [3.8, 4) is 5.75 Å². The Hall–Kier alpha value is -1.02. The lowest BCUT2D eigenvalue weighted by molar-refractivity contribution is -0.0233. The van der Waals surface area contributed by atoms with Crippen LogP contribution in [-0.2, 0) is 0 Å². The van der Waals surface area contributed by atoms with Crippen molar-refractivity contribution < 1.29 is 9.84 Å². The molecule has 2 nitrogen and oxygen atoms in total. The normalized spacial score (nSPS) is 12.5. The maximum atomic E-state index is 9.35. The first-order valence-corrected chi connectivity index (χ1v) is 4.63. The minimum absolute atomic E-state index is 0.673.